The van der Waals surface area contributed by atoms with Gasteiger partial charge in [-0.25, -0.2) is 0 Å². The number of hydrogen-bond donors (Lipinski definition) is 0. The summed E-state index contributed by atoms with van der Waals surface area (Å²) in [6.45, 7) is 5.80. The lowest BCUT2D eigenvalue weighted by atomic mass is 10.0. The lowest BCUT2D eigenvalue weighted by Gasteiger charge is -2.02. The Hall–Kier alpha value is -0.920. The Labute approximate surface area is 118 Å². The molecule has 0 aromatic heterocycles. The molecule has 0 aromatic rings. The summed E-state index contributed by atoms with van der Waals surface area (Å²) in [6, 6.07) is 0. The lowest BCUT2D eigenvalue weighted by molar-refractivity contribution is -0.120. The first kappa shape index (κ1) is 18.1. The van der Waals surface area contributed by atoms with Gasteiger partial charge in [-0.3, -0.25) is 9.59 Å². The zero-order valence-corrected chi connectivity index (χ0v) is 12.6. The second-order valence-corrected chi connectivity index (χ2v) is 5.28. The van der Waals surface area contributed by atoms with Crippen molar-refractivity contribution < 1.29 is 9.59 Å². The molecule has 0 unspecified atom stereocenters. The SMILES string of the molecule is C=CCCC(=O)CCCC(=O)CCCCCCCC. The van der Waals surface area contributed by atoms with Crippen LogP contribution in [0, 0.1) is 0 Å². The molecule has 0 fully saturated rings. The summed E-state index contributed by atoms with van der Waals surface area (Å²) in [7, 11) is 0. The van der Waals surface area contributed by atoms with Gasteiger partial charge < -0.3 is 0 Å². The maximum absolute atomic E-state index is 11.6. The normalized spacial score (nSPS) is 10.4. The van der Waals surface area contributed by atoms with Crippen molar-refractivity contribution in [1.82, 2.24) is 0 Å². The summed E-state index contributed by atoms with van der Waals surface area (Å²) in [6.07, 6.45) is 13.0. The van der Waals surface area contributed by atoms with Gasteiger partial charge in [0.25, 0.3) is 0 Å². The van der Waals surface area contributed by atoms with Gasteiger partial charge in [0.15, 0.2) is 0 Å². The van der Waals surface area contributed by atoms with Crippen LogP contribution < -0.4 is 0 Å². The van der Waals surface area contributed by atoms with Crippen molar-refractivity contribution in [1.29, 1.82) is 0 Å². The van der Waals surface area contributed by atoms with E-state index in [-0.39, 0.29) is 5.78 Å². The highest BCUT2D eigenvalue weighted by atomic mass is 16.1. The van der Waals surface area contributed by atoms with Gasteiger partial charge in [0.05, 0.1) is 0 Å². The van der Waals surface area contributed by atoms with Gasteiger partial charge in [-0.1, -0.05) is 45.1 Å². The second-order valence-electron chi connectivity index (χ2n) is 5.28. The van der Waals surface area contributed by atoms with Crippen molar-refractivity contribution in [2.75, 3.05) is 0 Å². The van der Waals surface area contributed by atoms with E-state index in [4.69, 9.17) is 0 Å². The van der Waals surface area contributed by atoms with E-state index in [9.17, 15) is 9.59 Å². The Kier molecular flexibility index (Phi) is 12.9. The number of Topliss-reactive ketones (excluding diaryl/α,β-unsaturated/α-hetero) is 2. The number of carbonyl (C=O) groups is 2. The zero-order valence-electron chi connectivity index (χ0n) is 12.6. The average molecular weight is 266 g/mol. The molecular formula is C17H30O2. The minimum absolute atomic E-state index is 0.257. The summed E-state index contributed by atoms with van der Waals surface area (Å²) < 4.78 is 0. The summed E-state index contributed by atoms with van der Waals surface area (Å²) in [5.74, 6) is 0.583. The van der Waals surface area contributed by atoms with Crippen molar-refractivity contribution in [2.24, 2.45) is 0 Å². The van der Waals surface area contributed by atoms with Crippen LogP contribution in [0.1, 0.15) is 84.0 Å². The van der Waals surface area contributed by atoms with E-state index in [0.717, 1.165) is 19.3 Å². The minimum Gasteiger partial charge on any atom is -0.300 e. The number of allylic oxidation sites excluding steroid dienone is 1. The van der Waals surface area contributed by atoms with Gasteiger partial charge in [0.1, 0.15) is 11.6 Å². The Morgan fingerprint density at radius 2 is 1.32 bits per heavy atom. The van der Waals surface area contributed by atoms with Gasteiger partial charge in [-0.05, 0) is 19.3 Å². The van der Waals surface area contributed by atoms with E-state index in [1.165, 1.54) is 32.1 Å². The Morgan fingerprint density at radius 3 is 1.95 bits per heavy atom. The fourth-order valence-corrected chi connectivity index (χ4v) is 2.10. The van der Waals surface area contributed by atoms with E-state index < -0.39 is 0 Å². The summed E-state index contributed by atoms with van der Waals surface area (Å²) in [5, 5.41) is 0. The molecule has 0 atom stereocenters. The van der Waals surface area contributed by atoms with Crippen molar-refractivity contribution in [3.63, 3.8) is 0 Å². The number of rotatable bonds is 14. The number of ketones is 2. The highest BCUT2D eigenvalue weighted by Crippen LogP contribution is 2.10. The third-order valence-electron chi connectivity index (χ3n) is 3.35. The Morgan fingerprint density at radius 1 is 0.789 bits per heavy atom. The largest absolute Gasteiger partial charge is 0.300 e. The average Bonchev–Trinajstić information content (AvgIpc) is 2.40. The topological polar surface area (TPSA) is 34.1 Å². The van der Waals surface area contributed by atoms with Crippen LogP contribution in [0.25, 0.3) is 0 Å². The first-order valence-electron chi connectivity index (χ1n) is 7.85. The van der Waals surface area contributed by atoms with Gasteiger partial charge >= 0.3 is 0 Å². The highest BCUT2D eigenvalue weighted by molar-refractivity contribution is 5.81. The van der Waals surface area contributed by atoms with Crippen molar-refractivity contribution in [2.45, 2.75) is 84.0 Å². The lowest BCUT2D eigenvalue weighted by Crippen LogP contribution is -2.01. The molecule has 0 rings (SSSR count). The van der Waals surface area contributed by atoms with E-state index in [2.05, 4.69) is 13.5 Å². The van der Waals surface area contributed by atoms with Crippen LogP contribution in [-0.4, -0.2) is 11.6 Å². The molecule has 0 saturated heterocycles. The monoisotopic (exact) mass is 266 g/mol. The van der Waals surface area contributed by atoms with Crippen LogP contribution in [0.15, 0.2) is 12.7 Å². The minimum atomic E-state index is 0.257. The molecule has 0 aliphatic carbocycles. The number of hydrogen-bond acceptors (Lipinski definition) is 2. The fourth-order valence-electron chi connectivity index (χ4n) is 2.10. The van der Waals surface area contributed by atoms with Crippen LogP contribution in [-0.2, 0) is 9.59 Å². The predicted octanol–water partition coefficient (Wildman–Crippen LogP) is 5.01. The molecule has 0 heterocycles. The fraction of sp³-hybridized carbons (Fsp3) is 0.765. The van der Waals surface area contributed by atoms with Crippen molar-refractivity contribution in [3.8, 4) is 0 Å². The van der Waals surface area contributed by atoms with Crippen LogP contribution in [0.4, 0.5) is 0 Å². The van der Waals surface area contributed by atoms with Crippen LogP contribution >= 0.6 is 0 Å². The van der Waals surface area contributed by atoms with E-state index in [1.54, 1.807) is 6.08 Å². The summed E-state index contributed by atoms with van der Waals surface area (Å²) in [4.78, 5) is 23.0. The van der Waals surface area contributed by atoms with Crippen LogP contribution in [0.3, 0.4) is 0 Å². The molecule has 0 aliphatic rings. The van der Waals surface area contributed by atoms with E-state index in [0.29, 0.717) is 31.5 Å². The second kappa shape index (κ2) is 13.5. The molecule has 0 N–H and O–H groups in total. The molecule has 0 radical (unpaired) electrons. The first-order chi connectivity index (χ1) is 9.20. The Bertz CT molecular complexity index is 256. The standard InChI is InChI=1S/C17H30O2/c1-3-5-7-8-9-10-13-17(19)15-11-14-16(18)12-6-4-2/h4H,2-3,5-15H2,1H3. The van der Waals surface area contributed by atoms with Crippen LogP contribution in [0.2, 0.25) is 0 Å². The van der Waals surface area contributed by atoms with E-state index in [1.807, 2.05) is 0 Å². The number of unbranched alkanes of at least 4 members (excludes halogenated alkanes) is 5. The summed E-state index contributed by atoms with van der Waals surface area (Å²) >= 11 is 0. The highest BCUT2D eigenvalue weighted by Gasteiger charge is 2.05. The smallest absolute Gasteiger partial charge is 0.133 e. The van der Waals surface area contributed by atoms with E-state index >= 15 is 0 Å². The molecular weight excluding hydrogens is 236 g/mol. The van der Waals surface area contributed by atoms with Gasteiger partial charge in [0, 0.05) is 25.7 Å². The quantitative estimate of drug-likeness (QED) is 0.327. The Balaban J connectivity index is 3.34. The molecule has 0 spiro atoms. The molecule has 0 aliphatic heterocycles. The number of carbonyl (C=O) groups excluding carboxylic acids is 2. The molecule has 2 nitrogen and oxygen atoms in total. The zero-order chi connectivity index (χ0) is 14.3. The van der Waals surface area contributed by atoms with Gasteiger partial charge in [-0.2, -0.15) is 0 Å². The van der Waals surface area contributed by atoms with Gasteiger partial charge in [-0.15, -0.1) is 6.58 Å². The third kappa shape index (κ3) is 13.3. The molecule has 0 saturated carbocycles. The molecule has 0 amide bonds. The third-order valence-corrected chi connectivity index (χ3v) is 3.35. The summed E-state index contributed by atoms with van der Waals surface area (Å²) in [5.41, 5.74) is 0. The van der Waals surface area contributed by atoms with Gasteiger partial charge in [0.2, 0.25) is 0 Å². The molecule has 0 bridgehead atoms. The van der Waals surface area contributed by atoms with Crippen molar-refractivity contribution >= 4 is 11.6 Å². The molecule has 0 aromatic carbocycles. The van der Waals surface area contributed by atoms with Crippen molar-refractivity contribution in [3.05, 3.63) is 12.7 Å². The molecule has 110 valence electrons. The maximum atomic E-state index is 11.6. The molecule has 2 heteroatoms. The first-order valence-corrected chi connectivity index (χ1v) is 7.85. The van der Waals surface area contributed by atoms with Crippen LogP contribution in [0.5, 0.6) is 0 Å². The maximum Gasteiger partial charge on any atom is 0.133 e. The molecule has 19 heavy (non-hydrogen) atoms. The predicted molar refractivity (Wildman–Crippen MR) is 81.3 cm³/mol.